The number of aliphatic hydroxyl groups excluding tert-OH is 1. The summed E-state index contributed by atoms with van der Waals surface area (Å²) in [5, 5.41) is 11.2. The van der Waals surface area contributed by atoms with Crippen molar-refractivity contribution in [2.75, 3.05) is 18.9 Å². The molecule has 0 radical (unpaired) electrons. The van der Waals surface area contributed by atoms with Gasteiger partial charge >= 0.3 is 6.16 Å². The number of halogens is 1. The van der Waals surface area contributed by atoms with Crippen molar-refractivity contribution in [2.45, 2.75) is 76.2 Å². The molecule has 1 fully saturated rings. The lowest BCUT2D eigenvalue weighted by atomic mass is 9.99. The molecule has 33 heavy (non-hydrogen) atoms. The number of carbonyl (C=O) groups is 1. The minimum Gasteiger partial charge on any atom is -0.434 e. The number of carbonyl (C=O) groups excluding carboxylic acids is 1. The van der Waals surface area contributed by atoms with Crippen LogP contribution in [0.3, 0.4) is 0 Å². The maximum Gasteiger partial charge on any atom is 0.508 e. The summed E-state index contributed by atoms with van der Waals surface area (Å²) in [6, 6.07) is 1.73. The van der Waals surface area contributed by atoms with Crippen molar-refractivity contribution in [3.63, 3.8) is 0 Å². The lowest BCUT2D eigenvalue weighted by Crippen LogP contribution is -2.43. The first-order valence-electron chi connectivity index (χ1n) is 11.3. The van der Waals surface area contributed by atoms with Gasteiger partial charge in [-0.2, -0.15) is 4.98 Å². The summed E-state index contributed by atoms with van der Waals surface area (Å²) in [6.07, 6.45) is 12.8. The molecule has 1 saturated heterocycles. The number of hydrogen-bond acceptors (Lipinski definition) is 8. The van der Waals surface area contributed by atoms with Crippen molar-refractivity contribution in [3.05, 3.63) is 17.5 Å². The molecule has 0 aliphatic carbocycles. The zero-order chi connectivity index (χ0) is 23.8. The number of anilines is 1. The van der Waals surface area contributed by atoms with Crippen molar-refractivity contribution < 1.29 is 24.1 Å². The molecular formula is C23H31ClN4O5. The SMILES string of the molecule is C#C[C@]1(COC(=O)OCCCCCCCCC)O[C@@H](n2ccc3c(N)nc(Cl)nc32)C[C@@H]1O. The molecule has 3 atom stereocenters. The highest BCUT2D eigenvalue weighted by Crippen LogP contribution is 2.39. The van der Waals surface area contributed by atoms with Gasteiger partial charge in [0.2, 0.25) is 5.28 Å². The van der Waals surface area contributed by atoms with Gasteiger partial charge in [0.05, 0.1) is 12.0 Å². The van der Waals surface area contributed by atoms with Crippen molar-refractivity contribution in [3.8, 4) is 12.3 Å². The molecule has 3 heterocycles. The number of nitrogen functional groups attached to an aromatic ring is 1. The highest BCUT2D eigenvalue weighted by Gasteiger charge is 2.49. The summed E-state index contributed by atoms with van der Waals surface area (Å²) in [7, 11) is 0. The largest absolute Gasteiger partial charge is 0.508 e. The molecule has 9 nitrogen and oxygen atoms in total. The molecule has 2 aromatic heterocycles. The van der Waals surface area contributed by atoms with Crippen LogP contribution < -0.4 is 5.73 Å². The summed E-state index contributed by atoms with van der Waals surface area (Å²) in [5.74, 6) is 2.68. The van der Waals surface area contributed by atoms with E-state index in [-0.39, 0.29) is 30.7 Å². The van der Waals surface area contributed by atoms with E-state index in [2.05, 4.69) is 22.8 Å². The zero-order valence-corrected chi connectivity index (χ0v) is 19.6. The van der Waals surface area contributed by atoms with E-state index < -0.39 is 24.1 Å². The Bertz CT molecular complexity index is 991. The summed E-state index contributed by atoms with van der Waals surface area (Å²) in [5.41, 5.74) is 4.84. The van der Waals surface area contributed by atoms with Crippen molar-refractivity contribution >= 4 is 34.6 Å². The number of unbranched alkanes of at least 4 members (excludes halogenated alkanes) is 6. The Hall–Kier alpha value is -2.54. The molecule has 0 spiro atoms. The van der Waals surface area contributed by atoms with Crippen molar-refractivity contribution in [1.29, 1.82) is 0 Å². The number of aromatic nitrogens is 3. The number of nitrogens with zero attached hydrogens (tertiary/aromatic N) is 3. The van der Waals surface area contributed by atoms with Gasteiger partial charge in [-0.25, -0.2) is 9.78 Å². The Balaban J connectivity index is 1.51. The third-order valence-corrected chi connectivity index (χ3v) is 5.98. The maximum absolute atomic E-state index is 12.0. The van der Waals surface area contributed by atoms with Crippen LogP contribution in [0.25, 0.3) is 11.0 Å². The van der Waals surface area contributed by atoms with Gasteiger partial charge < -0.3 is 29.6 Å². The standard InChI is InChI=1S/C23H31ClN4O5/c1-3-5-6-7-8-9-10-13-31-22(30)32-15-23(4-2)17(29)14-18(33-23)28-12-11-16-19(25)26-21(24)27-20(16)28/h2,11-12,17-18,29H,3,5-10,13-15H2,1H3,(H2,25,26,27)/t17-,18+,23+/m0/s1. The fraction of sp³-hybridized carbons (Fsp3) is 0.609. The summed E-state index contributed by atoms with van der Waals surface area (Å²) >= 11 is 5.94. The van der Waals surface area contributed by atoms with Crippen LogP contribution in [0.1, 0.15) is 64.5 Å². The molecule has 1 aliphatic rings. The van der Waals surface area contributed by atoms with E-state index in [0.29, 0.717) is 11.0 Å². The summed E-state index contributed by atoms with van der Waals surface area (Å²) < 4.78 is 17.9. The number of terminal acetylenes is 1. The Morgan fingerprint density at radius 3 is 2.79 bits per heavy atom. The first-order valence-corrected chi connectivity index (χ1v) is 11.7. The smallest absolute Gasteiger partial charge is 0.434 e. The van der Waals surface area contributed by atoms with Crippen LogP contribution in [-0.2, 0) is 14.2 Å². The van der Waals surface area contributed by atoms with Gasteiger partial charge in [0.15, 0.2) is 5.60 Å². The van der Waals surface area contributed by atoms with Crippen LogP contribution >= 0.6 is 11.6 Å². The second-order valence-corrected chi connectivity index (χ2v) is 8.54. The summed E-state index contributed by atoms with van der Waals surface area (Å²) in [4.78, 5) is 20.1. The number of fused-ring (bicyclic) bond motifs is 1. The molecule has 1 aliphatic heterocycles. The summed E-state index contributed by atoms with van der Waals surface area (Å²) in [6.45, 7) is 2.12. The Morgan fingerprint density at radius 2 is 2.06 bits per heavy atom. The van der Waals surface area contributed by atoms with Crippen LogP contribution in [0.5, 0.6) is 0 Å². The van der Waals surface area contributed by atoms with Gasteiger partial charge in [-0.15, -0.1) is 6.42 Å². The molecule has 3 N–H and O–H groups in total. The Morgan fingerprint density at radius 1 is 1.33 bits per heavy atom. The first-order chi connectivity index (χ1) is 15.9. The number of aliphatic hydroxyl groups is 1. The van der Waals surface area contributed by atoms with E-state index in [9.17, 15) is 9.90 Å². The minimum atomic E-state index is -1.51. The van der Waals surface area contributed by atoms with Crippen LogP contribution in [0.15, 0.2) is 12.3 Å². The number of rotatable bonds is 11. The predicted octanol–water partition coefficient (Wildman–Crippen LogP) is 4.22. The van der Waals surface area contributed by atoms with Gasteiger partial charge in [-0.1, -0.05) is 51.4 Å². The third-order valence-electron chi connectivity index (χ3n) is 5.81. The van der Waals surface area contributed by atoms with Crippen LogP contribution in [0.4, 0.5) is 10.6 Å². The molecule has 0 aromatic carbocycles. The third kappa shape index (κ3) is 6.08. The quantitative estimate of drug-likeness (QED) is 0.213. The van der Waals surface area contributed by atoms with Crippen molar-refractivity contribution in [2.24, 2.45) is 0 Å². The fourth-order valence-electron chi connectivity index (χ4n) is 3.91. The van der Waals surface area contributed by atoms with Gasteiger partial charge in [0.1, 0.15) is 30.4 Å². The second kappa shape index (κ2) is 11.5. The van der Waals surface area contributed by atoms with E-state index in [4.69, 9.17) is 38.0 Å². The molecule has 180 valence electrons. The van der Waals surface area contributed by atoms with Crippen LogP contribution in [0.2, 0.25) is 5.28 Å². The van der Waals surface area contributed by atoms with E-state index in [0.717, 1.165) is 19.3 Å². The molecule has 0 amide bonds. The average Bonchev–Trinajstić information content (AvgIpc) is 3.35. The van der Waals surface area contributed by atoms with Gasteiger partial charge in [0, 0.05) is 12.6 Å². The lowest BCUT2D eigenvalue weighted by Gasteiger charge is -2.26. The van der Waals surface area contributed by atoms with E-state index >= 15 is 0 Å². The van der Waals surface area contributed by atoms with Crippen LogP contribution in [0, 0.1) is 12.3 Å². The van der Waals surface area contributed by atoms with Gasteiger partial charge in [-0.3, -0.25) is 0 Å². The number of hydrogen-bond donors (Lipinski definition) is 2. The number of ether oxygens (including phenoxy) is 3. The Labute approximate surface area is 198 Å². The minimum absolute atomic E-state index is 0.00579. The Kier molecular flexibility index (Phi) is 8.78. The van der Waals surface area contributed by atoms with E-state index in [1.165, 1.54) is 25.7 Å². The maximum atomic E-state index is 12.0. The first kappa shape index (κ1) is 25.1. The normalized spacial score (nSPS) is 22.4. The topological polar surface area (TPSA) is 122 Å². The molecule has 3 rings (SSSR count). The highest BCUT2D eigenvalue weighted by molar-refractivity contribution is 6.28. The molecule has 10 heteroatoms. The fourth-order valence-corrected chi connectivity index (χ4v) is 4.08. The highest BCUT2D eigenvalue weighted by atomic mass is 35.5. The van der Waals surface area contributed by atoms with E-state index in [1.54, 1.807) is 16.8 Å². The van der Waals surface area contributed by atoms with Crippen LogP contribution in [-0.4, -0.2) is 50.7 Å². The second-order valence-electron chi connectivity index (χ2n) is 8.20. The molecule has 0 unspecified atom stereocenters. The molecule has 0 bridgehead atoms. The van der Waals surface area contributed by atoms with Gasteiger partial charge in [0.25, 0.3) is 0 Å². The molecule has 2 aromatic rings. The monoisotopic (exact) mass is 478 g/mol. The zero-order valence-electron chi connectivity index (χ0n) is 18.8. The van der Waals surface area contributed by atoms with Gasteiger partial charge in [-0.05, 0) is 24.1 Å². The molecule has 0 saturated carbocycles. The van der Waals surface area contributed by atoms with Crippen molar-refractivity contribution in [1.82, 2.24) is 14.5 Å². The predicted molar refractivity (Wildman–Crippen MR) is 125 cm³/mol. The molecular weight excluding hydrogens is 448 g/mol. The van der Waals surface area contributed by atoms with E-state index in [1.807, 2.05) is 0 Å². The average molecular weight is 479 g/mol. The lowest BCUT2D eigenvalue weighted by molar-refractivity contribution is -0.0979. The number of nitrogens with two attached hydrogens (primary N) is 1.